The summed E-state index contributed by atoms with van der Waals surface area (Å²) >= 11 is 0. The lowest BCUT2D eigenvalue weighted by molar-refractivity contribution is 0.0909. The van der Waals surface area contributed by atoms with Crippen LogP contribution in [0.5, 0.6) is 0 Å². The summed E-state index contributed by atoms with van der Waals surface area (Å²) < 4.78 is 0. The summed E-state index contributed by atoms with van der Waals surface area (Å²) in [6, 6.07) is 0.642. The molecule has 0 radical (unpaired) electrons. The van der Waals surface area contributed by atoms with Crippen molar-refractivity contribution in [3.63, 3.8) is 0 Å². The van der Waals surface area contributed by atoms with Crippen molar-refractivity contribution in [2.75, 3.05) is 13.1 Å². The molecule has 1 heterocycles. The first-order chi connectivity index (χ1) is 5.74. The molecular formula is C10H21NO. The average molecular weight is 171 g/mol. The van der Waals surface area contributed by atoms with Crippen molar-refractivity contribution < 1.29 is 5.11 Å². The number of hydrogen-bond donors (Lipinski definition) is 1. The van der Waals surface area contributed by atoms with Crippen LogP contribution in [0.25, 0.3) is 0 Å². The SMILES string of the molecule is CCN1CCCCC1CC(C)O. The molecule has 0 spiro atoms. The number of aliphatic hydroxyl groups is 1. The Labute approximate surface area is 75.6 Å². The molecule has 0 saturated carbocycles. The van der Waals surface area contributed by atoms with Crippen LogP contribution in [0.3, 0.4) is 0 Å². The van der Waals surface area contributed by atoms with E-state index in [1.54, 1.807) is 0 Å². The topological polar surface area (TPSA) is 23.5 Å². The van der Waals surface area contributed by atoms with Crippen LogP contribution in [0.2, 0.25) is 0 Å². The number of nitrogens with zero attached hydrogens (tertiary/aromatic N) is 1. The van der Waals surface area contributed by atoms with Crippen molar-refractivity contribution in [1.82, 2.24) is 4.90 Å². The van der Waals surface area contributed by atoms with Crippen molar-refractivity contribution in [1.29, 1.82) is 0 Å². The van der Waals surface area contributed by atoms with Gasteiger partial charge in [-0.05, 0) is 39.3 Å². The molecule has 0 aromatic heterocycles. The molecule has 0 amide bonds. The van der Waals surface area contributed by atoms with Gasteiger partial charge in [0.2, 0.25) is 0 Å². The monoisotopic (exact) mass is 171 g/mol. The van der Waals surface area contributed by atoms with Crippen molar-refractivity contribution in [2.45, 2.75) is 51.7 Å². The Kier molecular flexibility index (Phi) is 4.02. The van der Waals surface area contributed by atoms with Crippen molar-refractivity contribution in [3.05, 3.63) is 0 Å². The minimum Gasteiger partial charge on any atom is -0.393 e. The fourth-order valence-electron chi connectivity index (χ4n) is 2.14. The van der Waals surface area contributed by atoms with Crippen LogP contribution in [-0.2, 0) is 0 Å². The molecule has 0 aliphatic carbocycles. The lowest BCUT2D eigenvalue weighted by Crippen LogP contribution is -2.40. The molecule has 0 aromatic rings. The second-order valence-electron chi connectivity index (χ2n) is 3.86. The van der Waals surface area contributed by atoms with Crippen molar-refractivity contribution >= 4 is 0 Å². The molecule has 1 aliphatic heterocycles. The van der Waals surface area contributed by atoms with Crippen molar-refractivity contribution in [3.8, 4) is 0 Å². The third-order valence-electron chi connectivity index (χ3n) is 2.77. The van der Waals surface area contributed by atoms with E-state index >= 15 is 0 Å². The van der Waals surface area contributed by atoms with E-state index < -0.39 is 0 Å². The third-order valence-corrected chi connectivity index (χ3v) is 2.77. The quantitative estimate of drug-likeness (QED) is 0.697. The predicted octanol–water partition coefficient (Wildman–Crippen LogP) is 1.63. The first kappa shape index (κ1) is 10.0. The maximum atomic E-state index is 9.29. The molecule has 12 heavy (non-hydrogen) atoms. The zero-order valence-corrected chi connectivity index (χ0v) is 8.29. The fraction of sp³-hybridized carbons (Fsp3) is 1.00. The summed E-state index contributed by atoms with van der Waals surface area (Å²) in [4.78, 5) is 2.50. The van der Waals surface area contributed by atoms with Gasteiger partial charge < -0.3 is 10.0 Å². The number of hydrogen-bond acceptors (Lipinski definition) is 2. The minimum absolute atomic E-state index is 0.137. The molecule has 1 rings (SSSR count). The fourth-order valence-corrected chi connectivity index (χ4v) is 2.14. The highest BCUT2D eigenvalue weighted by molar-refractivity contribution is 4.77. The molecule has 2 nitrogen and oxygen atoms in total. The normalized spacial score (nSPS) is 28.8. The maximum absolute atomic E-state index is 9.29. The predicted molar refractivity (Wildman–Crippen MR) is 51.2 cm³/mol. The Morgan fingerprint density at radius 2 is 2.25 bits per heavy atom. The summed E-state index contributed by atoms with van der Waals surface area (Å²) in [6.45, 7) is 6.47. The second-order valence-corrected chi connectivity index (χ2v) is 3.86. The first-order valence-corrected chi connectivity index (χ1v) is 5.16. The zero-order valence-electron chi connectivity index (χ0n) is 8.29. The van der Waals surface area contributed by atoms with E-state index in [0.29, 0.717) is 6.04 Å². The molecule has 72 valence electrons. The Balaban J connectivity index is 2.36. The summed E-state index contributed by atoms with van der Waals surface area (Å²) in [7, 11) is 0. The molecular weight excluding hydrogens is 150 g/mol. The molecule has 1 N–H and O–H groups in total. The van der Waals surface area contributed by atoms with Crippen LogP contribution < -0.4 is 0 Å². The number of rotatable bonds is 3. The van der Waals surface area contributed by atoms with Crippen LogP contribution in [0.1, 0.15) is 39.5 Å². The molecule has 1 saturated heterocycles. The molecule has 2 atom stereocenters. The van der Waals surface area contributed by atoms with E-state index in [0.717, 1.165) is 13.0 Å². The smallest absolute Gasteiger partial charge is 0.0527 e. The van der Waals surface area contributed by atoms with Crippen LogP contribution in [0.4, 0.5) is 0 Å². The van der Waals surface area contributed by atoms with E-state index in [1.807, 2.05) is 6.92 Å². The Morgan fingerprint density at radius 1 is 1.50 bits per heavy atom. The minimum atomic E-state index is -0.137. The highest BCUT2D eigenvalue weighted by atomic mass is 16.3. The van der Waals surface area contributed by atoms with E-state index in [4.69, 9.17) is 0 Å². The van der Waals surface area contributed by atoms with Crippen LogP contribution in [-0.4, -0.2) is 35.2 Å². The first-order valence-electron chi connectivity index (χ1n) is 5.16. The van der Waals surface area contributed by atoms with Gasteiger partial charge in [-0.2, -0.15) is 0 Å². The standard InChI is InChI=1S/C10H21NO/c1-3-11-7-5-4-6-10(11)8-9(2)12/h9-10,12H,3-8H2,1-2H3. The van der Waals surface area contributed by atoms with E-state index in [-0.39, 0.29) is 6.10 Å². The summed E-state index contributed by atoms with van der Waals surface area (Å²) in [5, 5.41) is 9.29. The van der Waals surface area contributed by atoms with E-state index in [1.165, 1.54) is 25.8 Å². The van der Waals surface area contributed by atoms with Gasteiger partial charge in [-0.15, -0.1) is 0 Å². The molecule has 1 aliphatic rings. The summed E-state index contributed by atoms with van der Waals surface area (Å²) in [5.41, 5.74) is 0. The van der Waals surface area contributed by atoms with Gasteiger partial charge in [0.05, 0.1) is 6.10 Å². The molecule has 1 fully saturated rings. The zero-order chi connectivity index (χ0) is 8.97. The average Bonchev–Trinajstić information content (AvgIpc) is 2.04. The molecule has 0 bridgehead atoms. The number of aliphatic hydroxyl groups excluding tert-OH is 1. The van der Waals surface area contributed by atoms with Gasteiger partial charge in [-0.25, -0.2) is 0 Å². The lowest BCUT2D eigenvalue weighted by atomic mass is 9.97. The van der Waals surface area contributed by atoms with Gasteiger partial charge >= 0.3 is 0 Å². The highest BCUT2D eigenvalue weighted by Crippen LogP contribution is 2.20. The maximum Gasteiger partial charge on any atom is 0.0527 e. The molecule has 2 heteroatoms. The molecule has 0 aromatic carbocycles. The Bertz CT molecular complexity index is 125. The summed E-state index contributed by atoms with van der Waals surface area (Å²) in [6.07, 6.45) is 4.77. The van der Waals surface area contributed by atoms with Gasteiger partial charge in [0.25, 0.3) is 0 Å². The van der Waals surface area contributed by atoms with Gasteiger partial charge in [-0.1, -0.05) is 13.3 Å². The Hall–Kier alpha value is -0.0800. The van der Waals surface area contributed by atoms with Gasteiger partial charge in [0.15, 0.2) is 0 Å². The molecule has 2 unspecified atom stereocenters. The van der Waals surface area contributed by atoms with E-state index in [2.05, 4.69) is 11.8 Å². The van der Waals surface area contributed by atoms with Crippen molar-refractivity contribution in [2.24, 2.45) is 0 Å². The van der Waals surface area contributed by atoms with Crippen LogP contribution >= 0.6 is 0 Å². The third kappa shape index (κ3) is 2.76. The summed E-state index contributed by atoms with van der Waals surface area (Å²) in [5.74, 6) is 0. The van der Waals surface area contributed by atoms with Gasteiger partial charge in [0.1, 0.15) is 0 Å². The van der Waals surface area contributed by atoms with Gasteiger partial charge in [0, 0.05) is 6.04 Å². The largest absolute Gasteiger partial charge is 0.393 e. The second kappa shape index (κ2) is 4.83. The number of piperidine rings is 1. The van der Waals surface area contributed by atoms with Crippen LogP contribution in [0, 0.1) is 0 Å². The number of likely N-dealkylation sites (tertiary alicyclic amines) is 1. The van der Waals surface area contributed by atoms with Gasteiger partial charge in [-0.3, -0.25) is 0 Å². The Morgan fingerprint density at radius 3 is 2.83 bits per heavy atom. The van der Waals surface area contributed by atoms with Crippen LogP contribution in [0.15, 0.2) is 0 Å². The highest BCUT2D eigenvalue weighted by Gasteiger charge is 2.21. The lowest BCUT2D eigenvalue weighted by Gasteiger charge is -2.35. The van der Waals surface area contributed by atoms with E-state index in [9.17, 15) is 5.11 Å².